The maximum absolute atomic E-state index is 13.7. The molecule has 2 N–H and O–H groups in total. The van der Waals surface area contributed by atoms with Crippen molar-refractivity contribution in [3.8, 4) is 6.07 Å². The molecule has 1 aromatic carbocycles. The average molecular weight is 291 g/mol. The SMILES string of the molecule is N#Cc1ccc(CS(=O)(=O)c2ccncc2N)c(F)c1. The number of anilines is 1. The van der Waals surface area contributed by atoms with Gasteiger partial charge in [0.05, 0.1) is 34.2 Å². The molecule has 0 saturated heterocycles. The van der Waals surface area contributed by atoms with Crippen molar-refractivity contribution in [3.05, 3.63) is 53.6 Å². The summed E-state index contributed by atoms with van der Waals surface area (Å²) in [6.45, 7) is 0. The first kappa shape index (κ1) is 14.0. The van der Waals surface area contributed by atoms with Crippen molar-refractivity contribution < 1.29 is 12.8 Å². The fourth-order valence-electron chi connectivity index (χ4n) is 1.69. The molecule has 0 radical (unpaired) electrons. The lowest BCUT2D eigenvalue weighted by atomic mass is 10.1. The Hall–Kier alpha value is -2.46. The first-order valence-electron chi connectivity index (χ1n) is 5.55. The summed E-state index contributed by atoms with van der Waals surface area (Å²) in [5, 5.41) is 8.64. The van der Waals surface area contributed by atoms with E-state index in [9.17, 15) is 12.8 Å². The van der Waals surface area contributed by atoms with Gasteiger partial charge in [0.25, 0.3) is 0 Å². The molecule has 0 saturated carbocycles. The van der Waals surface area contributed by atoms with Crippen molar-refractivity contribution in [1.82, 2.24) is 4.98 Å². The van der Waals surface area contributed by atoms with Gasteiger partial charge in [0.15, 0.2) is 9.84 Å². The van der Waals surface area contributed by atoms with E-state index in [0.29, 0.717) is 0 Å². The van der Waals surface area contributed by atoms with Gasteiger partial charge in [0.1, 0.15) is 5.82 Å². The summed E-state index contributed by atoms with van der Waals surface area (Å²) in [5.74, 6) is -1.26. The Balaban J connectivity index is 2.40. The van der Waals surface area contributed by atoms with E-state index in [2.05, 4.69) is 4.98 Å². The van der Waals surface area contributed by atoms with Crippen LogP contribution in [0.4, 0.5) is 10.1 Å². The first-order chi connectivity index (χ1) is 9.44. The maximum atomic E-state index is 13.7. The van der Waals surface area contributed by atoms with Crippen molar-refractivity contribution in [2.75, 3.05) is 5.73 Å². The molecule has 5 nitrogen and oxygen atoms in total. The molecular formula is C13H10FN3O2S. The van der Waals surface area contributed by atoms with Gasteiger partial charge < -0.3 is 5.73 Å². The fraction of sp³-hybridized carbons (Fsp3) is 0.0769. The minimum Gasteiger partial charge on any atom is -0.396 e. The number of nitrogen functional groups attached to an aromatic ring is 1. The molecule has 0 fully saturated rings. The molecular weight excluding hydrogens is 281 g/mol. The molecule has 0 spiro atoms. The van der Waals surface area contributed by atoms with Gasteiger partial charge in [-0.05, 0) is 18.2 Å². The summed E-state index contributed by atoms with van der Waals surface area (Å²) < 4.78 is 38.1. The summed E-state index contributed by atoms with van der Waals surface area (Å²) in [7, 11) is -3.77. The Labute approximate surface area is 115 Å². The molecule has 1 aromatic heterocycles. The van der Waals surface area contributed by atoms with Crippen molar-refractivity contribution in [1.29, 1.82) is 5.26 Å². The topological polar surface area (TPSA) is 96.8 Å². The zero-order chi connectivity index (χ0) is 14.8. The number of nitrogens with two attached hydrogens (primary N) is 1. The Morgan fingerprint density at radius 1 is 1.35 bits per heavy atom. The summed E-state index contributed by atoms with van der Waals surface area (Å²) in [5.41, 5.74) is 5.70. The standard InChI is InChI=1S/C13H10FN3O2S/c14-11-5-9(6-15)1-2-10(11)8-20(18,19)13-3-4-17-7-12(13)16/h1-5,7H,8,16H2. The van der Waals surface area contributed by atoms with Gasteiger partial charge in [-0.25, -0.2) is 12.8 Å². The van der Waals surface area contributed by atoms with Crippen LogP contribution in [0.25, 0.3) is 0 Å². The van der Waals surface area contributed by atoms with Crippen molar-refractivity contribution in [2.24, 2.45) is 0 Å². The summed E-state index contributed by atoms with van der Waals surface area (Å²) in [6, 6.07) is 6.70. The Morgan fingerprint density at radius 2 is 2.10 bits per heavy atom. The zero-order valence-electron chi connectivity index (χ0n) is 10.2. The van der Waals surface area contributed by atoms with Gasteiger partial charge in [0.2, 0.25) is 0 Å². The number of aromatic nitrogens is 1. The predicted molar refractivity (Wildman–Crippen MR) is 70.7 cm³/mol. The minimum absolute atomic E-state index is 0.0137. The molecule has 20 heavy (non-hydrogen) atoms. The molecule has 7 heteroatoms. The van der Waals surface area contributed by atoms with Crippen molar-refractivity contribution >= 4 is 15.5 Å². The lowest BCUT2D eigenvalue weighted by Crippen LogP contribution is -2.09. The molecule has 0 aliphatic carbocycles. The predicted octanol–water partition coefficient (Wildman–Crippen LogP) is 1.65. The van der Waals surface area contributed by atoms with Crippen molar-refractivity contribution in [2.45, 2.75) is 10.6 Å². The largest absolute Gasteiger partial charge is 0.396 e. The molecule has 102 valence electrons. The van der Waals surface area contributed by atoms with Crippen LogP contribution in [0.5, 0.6) is 0 Å². The highest BCUT2D eigenvalue weighted by Crippen LogP contribution is 2.22. The Morgan fingerprint density at radius 3 is 2.70 bits per heavy atom. The van der Waals surface area contributed by atoms with Gasteiger partial charge in [0, 0.05) is 11.8 Å². The van der Waals surface area contributed by atoms with E-state index < -0.39 is 21.4 Å². The second-order valence-electron chi connectivity index (χ2n) is 4.09. The van der Waals surface area contributed by atoms with Crippen LogP contribution >= 0.6 is 0 Å². The average Bonchev–Trinajstić information content (AvgIpc) is 2.41. The summed E-state index contributed by atoms with van der Waals surface area (Å²) in [6.07, 6.45) is 2.53. The van der Waals surface area contributed by atoms with Crippen LogP contribution in [-0.4, -0.2) is 13.4 Å². The van der Waals surface area contributed by atoms with E-state index >= 15 is 0 Å². The van der Waals surface area contributed by atoms with Gasteiger partial charge in [-0.1, -0.05) is 6.07 Å². The number of nitrogens with zero attached hydrogens (tertiary/aromatic N) is 2. The Bertz CT molecular complexity index is 798. The lowest BCUT2D eigenvalue weighted by Gasteiger charge is -2.08. The molecule has 0 bridgehead atoms. The van der Waals surface area contributed by atoms with Gasteiger partial charge in [-0.15, -0.1) is 0 Å². The monoisotopic (exact) mass is 291 g/mol. The van der Waals surface area contributed by atoms with Crippen LogP contribution in [0.15, 0.2) is 41.6 Å². The van der Waals surface area contributed by atoms with E-state index in [0.717, 1.165) is 6.07 Å². The van der Waals surface area contributed by atoms with E-state index in [4.69, 9.17) is 11.0 Å². The quantitative estimate of drug-likeness (QED) is 0.927. The molecule has 0 aliphatic heterocycles. The Kier molecular flexibility index (Phi) is 3.68. The number of rotatable bonds is 3. The zero-order valence-corrected chi connectivity index (χ0v) is 11.1. The second-order valence-corrected chi connectivity index (χ2v) is 6.05. The van der Waals surface area contributed by atoms with Gasteiger partial charge in [-0.3, -0.25) is 4.98 Å². The van der Waals surface area contributed by atoms with Gasteiger partial charge >= 0.3 is 0 Å². The van der Waals surface area contributed by atoms with Crippen LogP contribution in [0.3, 0.4) is 0 Å². The highest BCUT2D eigenvalue weighted by Gasteiger charge is 2.20. The van der Waals surface area contributed by atoms with Crippen LogP contribution in [0.2, 0.25) is 0 Å². The smallest absolute Gasteiger partial charge is 0.184 e. The molecule has 2 aromatic rings. The number of sulfone groups is 1. The normalized spacial score (nSPS) is 11.0. The van der Waals surface area contributed by atoms with E-state index in [-0.39, 0.29) is 21.7 Å². The molecule has 1 heterocycles. The number of pyridine rings is 1. The fourth-order valence-corrected chi connectivity index (χ4v) is 3.17. The van der Waals surface area contributed by atoms with E-state index in [1.807, 2.05) is 0 Å². The molecule has 0 amide bonds. The van der Waals surface area contributed by atoms with E-state index in [1.165, 1.54) is 30.6 Å². The number of benzene rings is 1. The van der Waals surface area contributed by atoms with Crippen LogP contribution in [0.1, 0.15) is 11.1 Å². The lowest BCUT2D eigenvalue weighted by molar-refractivity contribution is 0.587. The molecule has 0 aliphatic rings. The number of nitriles is 1. The summed E-state index contributed by atoms with van der Waals surface area (Å²) in [4.78, 5) is 3.62. The first-order valence-corrected chi connectivity index (χ1v) is 7.20. The van der Waals surface area contributed by atoms with Gasteiger partial charge in [-0.2, -0.15) is 5.26 Å². The molecule has 0 atom stereocenters. The third-order valence-electron chi connectivity index (χ3n) is 2.67. The van der Waals surface area contributed by atoms with Crippen LogP contribution in [0, 0.1) is 17.1 Å². The highest BCUT2D eigenvalue weighted by molar-refractivity contribution is 7.90. The number of halogens is 1. The second kappa shape index (κ2) is 5.27. The molecule has 0 unspecified atom stereocenters. The third-order valence-corrected chi connectivity index (χ3v) is 4.41. The number of hydrogen-bond donors (Lipinski definition) is 1. The van der Waals surface area contributed by atoms with Crippen LogP contribution < -0.4 is 5.73 Å². The third kappa shape index (κ3) is 2.75. The van der Waals surface area contributed by atoms with E-state index in [1.54, 1.807) is 6.07 Å². The van der Waals surface area contributed by atoms with Crippen LogP contribution in [-0.2, 0) is 15.6 Å². The minimum atomic E-state index is -3.77. The highest BCUT2D eigenvalue weighted by atomic mass is 32.2. The summed E-state index contributed by atoms with van der Waals surface area (Å²) >= 11 is 0. The number of hydrogen-bond acceptors (Lipinski definition) is 5. The maximum Gasteiger partial charge on any atom is 0.184 e. The molecule has 2 rings (SSSR count). The van der Waals surface area contributed by atoms with Crippen molar-refractivity contribution in [3.63, 3.8) is 0 Å².